The van der Waals surface area contributed by atoms with Crippen LogP contribution in [0.5, 0.6) is 0 Å². The molecule has 0 aromatic heterocycles. The van der Waals surface area contributed by atoms with Crippen LogP contribution in [0.3, 0.4) is 0 Å². The number of esters is 1. The van der Waals surface area contributed by atoms with Crippen molar-refractivity contribution in [3.05, 3.63) is 95.1 Å². The summed E-state index contributed by atoms with van der Waals surface area (Å²) in [6.07, 6.45) is 0.266. The first-order valence-corrected chi connectivity index (χ1v) is 8.12. The third kappa shape index (κ3) is 2.43. The van der Waals surface area contributed by atoms with E-state index in [1.54, 1.807) is 0 Å². The van der Waals surface area contributed by atoms with E-state index in [1.165, 1.54) is 0 Å². The molecule has 4 rings (SSSR count). The number of cyclic esters (lactones) is 1. The second kappa shape index (κ2) is 5.67. The van der Waals surface area contributed by atoms with E-state index in [-0.39, 0.29) is 12.4 Å². The first-order valence-electron chi connectivity index (χ1n) is 8.12. The lowest BCUT2D eigenvalue weighted by Gasteiger charge is -2.39. The first kappa shape index (κ1) is 15.3. The van der Waals surface area contributed by atoms with E-state index < -0.39 is 5.60 Å². The highest BCUT2D eigenvalue weighted by Gasteiger charge is 2.44. The van der Waals surface area contributed by atoms with Crippen molar-refractivity contribution in [2.45, 2.75) is 12.0 Å². The predicted molar refractivity (Wildman–Crippen MR) is 97.8 cm³/mol. The molecule has 4 heteroatoms. The molecule has 0 aliphatic carbocycles. The van der Waals surface area contributed by atoms with Crippen molar-refractivity contribution in [3.8, 4) is 0 Å². The molecule has 0 spiro atoms. The average Bonchev–Trinajstić information content (AvgIpc) is 2.62. The number of nitrogens with two attached hydrogens (primary N) is 2. The minimum Gasteiger partial charge on any atom is -0.444 e. The van der Waals surface area contributed by atoms with Crippen LogP contribution >= 0.6 is 0 Å². The highest BCUT2D eigenvalue weighted by molar-refractivity contribution is 5.78. The van der Waals surface area contributed by atoms with E-state index in [4.69, 9.17) is 16.2 Å². The van der Waals surface area contributed by atoms with Crippen molar-refractivity contribution in [2.24, 2.45) is 0 Å². The van der Waals surface area contributed by atoms with Crippen LogP contribution in [0, 0.1) is 0 Å². The molecule has 0 radical (unpaired) electrons. The van der Waals surface area contributed by atoms with Gasteiger partial charge in [-0.05, 0) is 29.8 Å². The zero-order valence-electron chi connectivity index (χ0n) is 13.6. The maximum atomic E-state index is 12.5. The minimum absolute atomic E-state index is 0.257. The molecule has 1 aliphatic heterocycles. The van der Waals surface area contributed by atoms with Gasteiger partial charge in [0.2, 0.25) is 0 Å². The summed E-state index contributed by atoms with van der Waals surface area (Å²) in [6, 6.07) is 22.8. The van der Waals surface area contributed by atoms with Crippen molar-refractivity contribution in [3.63, 3.8) is 0 Å². The van der Waals surface area contributed by atoms with Gasteiger partial charge >= 0.3 is 5.97 Å². The summed E-state index contributed by atoms with van der Waals surface area (Å²) in [5.74, 6) is -0.257. The number of fused-ring (bicyclic) bond motifs is 1. The topological polar surface area (TPSA) is 78.3 Å². The zero-order chi connectivity index (χ0) is 17.4. The molecule has 3 aromatic rings. The molecule has 4 nitrogen and oxygen atoms in total. The summed E-state index contributed by atoms with van der Waals surface area (Å²) in [6.45, 7) is 0. The fourth-order valence-corrected chi connectivity index (χ4v) is 3.47. The number of carbonyl (C=O) groups is 1. The van der Waals surface area contributed by atoms with Crippen LogP contribution in [0.1, 0.15) is 22.3 Å². The number of nitrogen functional groups attached to an aromatic ring is 2. The second-order valence-electron chi connectivity index (χ2n) is 6.23. The van der Waals surface area contributed by atoms with Crippen molar-refractivity contribution in [1.29, 1.82) is 0 Å². The normalized spacial score (nSPS) is 15.3. The molecule has 3 aromatic carbocycles. The predicted octanol–water partition coefficient (Wildman–Crippen LogP) is 3.24. The lowest BCUT2D eigenvalue weighted by Crippen LogP contribution is -2.40. The lowest BCUT2D eigenvalue weighted by molar-refractivity contribution is -0.154. The van der Waals surface area contributed by atoms with E-state index in [0.29, 0.717) is 11.4 Å². The third-order valence-electron chi connectivity index (χ3n) is 4.63. The summed E-state index contributed by atoms with van der Waals surface area (Å²) in [7, 11) is 0. The maximum absolute atomic E-state index is 12.5. The molecular formula is C21H18N2O2. The molecule has 0 saturated carbocycles. The van der Waals surface area contributed by atoms with Gasteiger partial charge in [-0.15, -0.1) is 0 Å². The number of benzene rings is 3. The lowest BCUT2D eigenvalue weighted by atomic mass is 9.76. The average molecular weight is 330 g/mol. The molecule has 0 amide bonds. The molecule has 0 bridgehead atoms. The number of rotatable bonds is 2. The highest BCUT2D eigenvalue weighted by Crippen LogP contribution is 2.45. The van der Waals surface area contributed by atoms with Gasteiger partial charge in [0.1, 0.15) is 0 Å². The van der Waals surface area contributed by atoms with Crippen molar-refractivity contribution < 1.29 is 9.53 Å². The van der Waals surface area contributed by atoms with E-state index >= 15 is 0 Å². The Labute approximate surface area is 146 Å². The maximum Gasteiger partial charge on any atom is 0.311 e. The smallest absolute Gasteiger partial charge is 0.311 e. The van der Waals surface area contributed by atoms with Crippen molar-refractivity contribution in [1.82, 2.24) is 0 Å². The third-order valence-corrected chi connectivity index (χ3v) is 4.63. The molecule has 124 valence electrons. The Kier molecular flexibility index (Phi) is 3.46. The van der Waals surface area contributed by atoms with Crippen LogP contribution in [0.4, 0.5) is 11.4 Å². The molecule has 1 aliphatic rings. The van der Waals surface area contributed by atoms with Gasteiger partial charge in [-0.25, -0.2) is 0 Å². The standard InChI is InChI=1S/C21H18N2O2/c22-17-9-5-15(6-10-17)21(16-7-11-18(23)12-8-16)19-4-2-1-3-14(19)13-20(24)25-21/h1-12H,13,22-23H2. The van der Waals surface area contributed by atoms with Crippen LogP contribution in [0.15, 0.2) is 72.8 Å². The largest absolute Gasteiger partial charge is 0.444 e. The van der Waals surface area contributed by atoms with E-state index in [1.807, 2.05) is 72.8 Å². The van der Waals surface area contributed by atoms with Crippen LogP contribution in [0.25, 0.3) is 0 Å². The monoisotopic (exact) mass is 330 g/mol. The van der Waals surface area contributed by atoms with Gasteiger partial charge in [0.05, 0.1) is 6.42 Å². The van der Waals surface area contributed by atoms with Gasteiger partial charge in [-0.2, -0.15) is 0 Å². The number of ether oxygens (including phenoxy) is 1. The fraction of sp³-hybridized carbons (Fsp3) is 0.0952. The Hall–Kier alpha value is -3.27. The van der Waals surface area contributed by atoms with Gasteiger partial charge < -0.3 is 16.2 Å². The fourth-order valence-electron chi connectivity index (χ4n) is 3.47. The van der Waals surface area contributed by atoms with E-state index in [9.17, 15) is 4.79 Å². The van der Waals surface area contributed by atoms with Crippen LogP contribution in [-0.2, 0) is 21.6 Å². The van der Waals surface area contributed by atoms with Crippen molar-refractivity contribution in [2.75, 3.05) is 11.5 Å². The molecule has 25 heavy (non-hydrogen) atoms. The van der Waals surface area contributed by atoms with Crippen LogP contribution in [0.2, 0.25) is 0 Å². The Morgan fingerprint density at radius 1 is 0.760 bits per heavy atom. The number of hydrogen-bond acceptors (Lipinski definition) is 4. The quantitative estimate of drug-likeness (QED) is 0.558. The summed E-state index contributed by atoms with van der Waals surface area (Å²) in [5, 5.41) is 0. The minimum atomic E-state index is -1.01. The molecule has 1 heterocycles. The van der Waals surface area contributed by atoms with Crippen LogP contribution in [-0.4, -0.2) is 5.97 Å². The van der Waals surface area contributed by atoms with Gasteiger partial charge in [-0.1, -0.05) is 48.5 Å². The van der Waals surface area contributed by atoms with Gasteiger partial charge in [-0.3, -0.25) is 4.79 Å². The molecule has 0 atom stereocenters. The number of carbonyl (C=O) groups excluding carboxylic acids is 1. The summed E-state index contributed by atoms with van der Waals surface area (Å²) in [5.41, 5.74) is 15.7. The Balaban J connectivity index is 2.05. The van der Waals surface area contributed by atoms with E-state index in [0.717, 1.165) is 22.3 Å². The molecular weight excluding hydrogens is 312 g/mol. The van der Waals surface area contributed by atoms with Crippen molar-refractivity contribution >= 4 is 17.3 Å². The number of anilines is 2. The molecule has 0 saturated heterocycles. The van der Waals surface area contributed by atoms with E-state index in [2.05, 4.69) is 0 Å². The molecule has 4 N–H and O–H groups in total. The SMILES string of the molecule is Nc1ccc(C2(c3ccc(N)cc3)OC(=O)Cc3ccccc32)cc1. The summed E-state index contributed by atoms with van der Waals surface area (Å²) < 4.78 is 6.03. The molecule has 0 unspecified atom stereocenters. The van der Waals surface area contributed by atoms with Gasteiger partial charge in [0.15, 0.2) is 5.60 Å². The molecule has 0 fully saturated rings. The summed E-state index contributed by atoms with van der Waals surface area (Å²) in [4.78, 5) is 12.5. The van der Waals surface area contributed by atoms with Gasteiger partial charge in [0.25, 0.3) is 0 Å². The Bertz CT molecular complexity index is 885. The van der Waals surface area contributed by atoms with Crippen LogP contribution < -0.4 is 11.5 Å². The van der Waals surface area contributed by atoms with Gasteiger partial charge in [0, 0.05) is 28.1 Å². The highest BCUT2D eigenvalue weighted by atomic mass is 16.6. The number of hydrogen-bond donors (Lipinski definition) is 2. The second-order valence-corrected chi connectivity index (χ2v) is 6.23. The Morgan fingerprint density at radius 2 is 1.28 bits per heavy atom. The zero-order valence-corrected chi connectivity index (χ0v) is 13.6. The first-order chi connectivity index (χ1) is 12.1. The summed E-state index contributed by atoms with van der Waals surface area (Å²) >= 11 is 0. The Morgan fingerprint density at radius 3 is 1.84 bits per heavy atom.